The molecule has 8 aromatic carbocycles. The summed E-state index contributed by atoms with van der Waals surface area (Å²) in [6, 6.07) is 57.8. The van der Waals surface area contributed by atoms with Gasteiger partial charge in [-0.3, -0.25) is 0 Å². The molecule has 10 rings (SSSR count). The summed E-state index contributed by atoms with van der Waals surface area (Å²) >= 11 is 0. The topological polar surface area (TPSA) is 0 Å². The van der Waals surface area contributed by atoms with Crippen molar-refractivity contribution in [3.05, 3.63) is 191 Å². The van der Waals surface area contributed by atoms with Gasteiger partial charge in [0.15, 0.2) is 0 Å². The van der Waals surface area contributed by atoms with Crippen molar-refractivity contribution in [2.45, 2.75) is 51.9 Å². The van der Waals surface area contributed by atoms with Crippen LogP contribution in [0.25, 0.3) is 66.1 Å². The normalized spacial score (nSPS) is 16.5. The van der Waals surface area contributed by atoms with Crippen molar-refractivity contribution in [2.24, 2.45) is 0 Å². The maximum Gasteiger partial charge on any atom is 0.0227 e. The SMILES string of the molecule is Cc1ccc2cc(-c3ccc4c(c3)C(C)(Cc3cccc5c3-c3cccc(-c6ccc7cc(C)ccc7c6)c3C5(C)C)c3ccccc3-4)ccc2c1. The monoisotopic (exact) mass is 666 g/mol. The number of fused-ring (bicyclic) bond motifs is 8. The van der Waals surface area contributed by atoms with Crippen LogP contribution in [0.15, 0.2) is 152 Å². The average Bonchev–Trinajstić information content (AvgIpc) is 3.55. The van der Waals surface area contributed by atoms with Crippen molar-refractivity contribution in [3.8, 4) is 44.5 Å². The molecule has 0 aromatic heterocycles. The second-order valence-corrected chi connectivity index (χ2v) is 16.1. The third-order valence-corrected chi connectivity index (χ3v) is 12.4. The second-order valence-electron chi connectivity index (χ2n) is 16.1. The Bertz CT molecular complexity index is 2770. The first-order valence-corrected chi connectivity index (χ1v) is 18.7. The Hall–Kier alpha value is -5.72. The van der Waals surface area contributed by atoms with E-state index in [2.05, 4.69) is 186 Å². The summed E-state index contributed by atoms with van der Waals surface area (Å²) < 4.78 is 0. The Kier molecular flexibility index (Phi) is 6.65. The molecule has 0 spiro atoms. The van der Waals surface area contributed by atoms with Crippen molar-refractivity contribution in [1.29, 1.82) is 0 Å². The van der Waals surface area contributed by atoms with E-state index < -0.39 is 0 Å². The predicted octanol–water partition coefficient (Wildman–Crippen LogP) is 13.8. The van der Waals surface area contributed by atoms with Crippen LogP contribution in [-0.4, -0.2) is 0 Å². The van der Waals surface area contributed by atoms with Crippen LogP contribution in [-0.2, 0) is 17.3 Å². The van der Waals surface area contributed by atoms with Gasteiger partial charge in [0.05, 0.1) is 0 Å². The molecule has 2 aliphatic rings. The van der Waals surface area contributed by atoms with Crippen LogP contribution >= 0.6 is 0 Å². The molecule has 0 heterocycles. The Labute approximate surface area is 307 Å². The second kappa shape index (κ2) is 11.1. The molecule has 52 heavy (non-hydrogen) atoms. The van der Waals surface area contributed by atoms with E-state index >= 15 is 0 Å². The molecule has 0 nitrogen and oxygen atoms in total. The van der Waals surface area contributed by atoms with Crippen molar-refractivity contribution in [3.63, 3.8) is 0 Å². The summed E-state index contributed by atoms with van der Waals surface area (Å²) in [6.45, 7) is 11.7. The van der Waals surface area contributed by atoms with Gasteiger partial charge in [-0.1, -0.05) is 165 Å². The first-order valence-electron chi connectivity index (χ1n) is 18.7. The highest BCUT2D eigenvalue weighted by Crippen LogP contribution is 2.56. The van der Waals surface area contributed by atoms with Crippen molar-refractivity contribution in [2.75, 3.05) is 0 Å². The molecule has 0 saturated carbocycles. The van der Waals surface area contributed by atoms with E-state index in [0.29, 0.717) is 0 Å². The van der Waals surface area contributed by atoms with Crippen LogP contribution < -0.4 is 0 Å². The van der Waals surface area contributed by atoms with E-state index in [0.717, 1.165) is 6.42 Å². The molecule has 1 unspecified atom stereocenters. The summed E-state index contributed by atoms with van der Waals surface area (Å²) in [7, 11) is 0. The van der Waals surface area contributed by atoms with Crippen LogP contribution in [0.2, 0.25) is 0 Å². The maximum atomic E-state index is 2.49. The Morgan fingerprint density at radius 2 is 0.942 bits per heavy atom. The molecule has 0 amide bonds. The number of hydrogen-bond donors (Lipinski definition) is 0. The minimum atomic E-state index is -0.188. The van der Waals surface area contributed by atoms with Crippen molar-refractivity contribution < 1.29 is 0 Å². The molecule has 1 atom stereocenters. The van der Waals surface area contributed by atoms with Gasteiger partial charge in [0.1, 0.15) is 0 Å². The third kappa shape index (κ3) is 4.53. The lowest BCUT2D eigenvalue weighted by molar-refractivity contribution is 0.583. The molecule has 8 aromatic rings. The predicted molar refractivity (Wildman–Crippen MR) is 221 cm³/mol. The lowest BCUT2D eigenvalue weighted by Crippen LogP contribution is -2.24. The summed E-state index contributed by atoms with van der Waals surface area (Å²) in [6.07, 6.45) is 0.926. The molecule has 0 bridgehead atoms. The van der Waals surface area contributed by atoms with Gasteiger partial charge in [-0.15, -0.1) is 0 Å². The van der Waals surface area contributed by atoms with E-state index in [1.807, 2.05) is 0 Å². The Morgan fingerprint density at radius 1 is 0.404 bits per heavy atom. The smallest absolute Gasteiger partial charge is 0.0227 e. The quantitative estimate of drug-likeness (QED) is 0.175. The van der Waals surface area contributed by atoms with Crippen LogP contribution in [0, 0.1) is 13.8 Å². The lowest BCUT2D eigenvalue weighted by Gasteiger charge is -2.29. The van der Waals surface area contributed by atoms with E-state index in [1.165, 1.54) is 105 Å². The molecule has 0 radical (unpaired) electrons. The summed E-state index contributed by atoms with van der Waals surface area (Å²) in [5, 5.41) is 5.17. The third-order valence-electron chi connectivity index (χ3n) is 12.4. The Balaban J connectivity index is 1.11. The van der Waals surface area contributed by atoms with Crippen LogP contribution in [0.5, 0.6) is 0 Å². The van der Waals surface area contributed by atoms with Crippen LogP contribution in [0.4, 0.5) is 0 Å². The average molecular weight is 667 g/mol. The van der Waals surface area contributed by atoms with Gasteiger partial charge in [-0.25, -0.2) is 0 Å². The molecule has 0 fully saturated rings. The highest BCUT2D eigenvalue weighted by atomic mass is 14.5. The van der Waals surface area contributed by atoms with Crippen molar-refractivity contribution >= 4 is 21.5 Å². The molecule has 2 aliphatic carbocycles. The summed E-state index contributed by atoms with van der Waals surface area (Å²) in [4.78, 5) is 0. The largest absolute Gasteiger partial charge is 0.0619 e. The van der Waals surface area contributed by atoms with Gasteiger partial charge in [0.25, 0.3) is 0 Å². The number of aryl methyl sites for hydroxylation is 2. The molecule has 0 saturated heterocycles. The molecule has 0 heteroatoms. The highest BCUT2D eigenvalue weighted by molar-refractivity contribution is 5.94. The number of benzene rings is 8. The summed E-state index contributed by atoms with van der Waals surface area (Å²) in [5.41, 5.74) is 20.1. The van der Waals surface area contributed by atoms with Gasteiger partial charge >= 0.3 is 0 Å². The zero-order chi connectivity index (χ0) is 35.4. The first-order chi connectivity index (χ1) is 25.2. The molecule has 0 N–H and O–H groups in total. The van der Waals surface area contributed by atoms with Crippen LogP contribution in [0.1, 0.15) is 59.7 Å². The summed E-state index contributed by atoms with van der Waals surface area (Å²) in [5.74, 6) is 0. The minimum absolute atomic E-state index is 0.131. The zero-order valence-corrected chi connectivity index (χ0v) is 30.6. The molecular formula is C52H42. The van der Waals surface area contributed by atoms with Gasteiger partial charge in [0, 0.05) is 10.8 Å². The fraction of sp³-hybridized carbons (Fsp3) is 0.154. The molecular weight excluding hydrogens is 625 g/mol. The number of rotatable bonds is 4. The fourth-order valence-corrected chi connectivity index (χ4v) is 9.80. The van der Waals surface area contributed by atoms with E-state index in [-0.39, 0.29) is 10.8 Å². The Morgan fingerprint density at radius 3 is 1.71 bits per heavy atom. The van der Waals surface area contributed by atoms with Crippen LogP contribution in [0.3, 0.4) is 0 Å². The maximum absolute atomic E-state index is 2.49. The fourth-order valence-electron chi connectivity index (χ4n) is 9.80. The minimum Gasteiger partial charge on any atom is -0.0619 e. The van der Waals surface area contributed by atoms with E-state index in [4.69, 9.17) is 0 Å². The lowest BCUT2D eigenvalue weighted by atomic mass is 9.73. The standard InChI is InChI=1S/C52H42/c1-32-16-18-36-28-38(21-20-34(36)26-32)39-24-25-44-43-11-6-7-14-46(43)52(5,48(44)30-39)31-41-10-8-15-47-49(41)45-13-9-12-42(50(45)51(47,3)4)40-23-22-35-27-33(2)17-19-37(35)29-40/h6-30H,31H2,1-5H3. The van der Waals surface area contributed by atoms with Gasteiger partial charge in [-0.2, -0.15) is 0 Å². The van der Waals surface area contributed by atoms with Gasteiger partial charge in [0.2, 0.25) is 0 Å². The molecule has 250 valence electrons. The van der Waals surface area contributed by atoms with Gasteiger partial charge in [-0.05, 0) is 132 Å². The molecule has 0 aliphatic heterocycles. The van der Waals surface area contributed by atoms with Gasteiger partial charge < -0.3 is 0 Å². The van der Waals surface area contributed by atoms with E-state index in [1.54, 1.807) is 0 Å². The zero-order valence-electron chi connectivity index (χ0n) is 30.6. The highest BCUT2D eigenvalue weighted by Gasteiger charge is 2.43. The number of hydrogen-bond acceptors (Lipinski definition) is 0. The van der Waals surface area contributed by atoms with Crippen molar-refractivity contribution in [1.82, 2.24) is 0 Å². The van der Waals surface area contributed by atoms with E-state index in [9.17, 15) is 0 Å². The first kappa shape index (κ1) is 31.1.